The van der Waals surface area contributed by atoms with Crippen LogP contribution in [0.5, 0.6) is 0 Å². The first-order valence-electron chi connectivity index (χ1n) is 10.6. The molecule has 156 valence electrons. The van der Waals surface area contributed by atoms with Gasteiger partial charge in [0.1, 0.15) is 5.82 Å². The number of piperidine rings is 1. The number of hydrogen-bond donors (Lipinski definition) is 0. The second kappa shape index (κ2) is 8.30. The molecule has 1 unspecified atom stereocenters. The number of carbonyl (C=O) groups excluding carboxylic acids is 1. The lowest BCUT2D eigenvalue weighted by atomic mass is 9.96. The van der Waals surface area contributed by atoms with E-state index in [2.05, 4.69) is 10.2 Å². The van der Waals surface area contributed by atoms with Crippen LogP contribution in [0, 0.1) is 5.82 Å². The maximum atomic E-state index is 14.0. The maximum Gasteiger partial charge on any atom is 0.254 e. The average Bonchev–Trinajstić information content (AvgIpc) is 3.27. The Morgan fingerprint density at radius 2 is 1.81 bits per heavy atom. The number of nitrogens with zero attached hydrogens (tertiary/aromatic N) is 3. The van der Waals surface area contributed by atoms with Gasteiger partial charge in [0.15, 0.2) is 0 Å². The number of aromatic nitrogens is 2. The van der Waals surface area contributed by atoms with Crippen molar-refractivity contribution >= 4 is 16.7 Å². The van der Waals surface area contributed by atoms with Crippen LogP contribution in [0.4, 0.5) is 4.39 Å². The van der Waals surface area contributed by atoms with Crippen LogP contribution < -0.4 is 0 Å². The van der Waals surface area contributed by atoms with E-state index in [1.165, 1.54) is 6.07 Å². The Labute approximate surface area is 179 Å². The van der Waals surface area contributed by atoms with Gasteiger partial charge >= 0.3 is 0 Å². The van der Waals surface area contributed by atoms with Crippen LogP contribution in [0.1, 0.15) is 35.5 Å². The van der Waals surface area contributed by atoms with E-state index < -0.39 is 5.82 Å². The van der Waals surface area contributed by atoms with Gasteiger partial charge in [0.25, 0.3) is 11.8 Å². The van der Waals surface area contributed by atoms with Crippen molar-refractivity contribution in [2.75, 3.05) is 6.54 Å². The molecule has 0 bridgehead atoms. The molecule has 3 aromatic carbocycles. The molecule has 2 heterocycles. The summed E-state index contributed by atoms with van der Waals surface area (Å²) >= 11 is 0. The largest absolute Gasteiger partial charge is 0.421 e. The quantitative estimate of drug-likeness (QED) is 0.456. The number of rotatable bonds is 4. The van der Waals surface area contributed by atoms with E-state index in [1.54, 1.807) is 18.2 Å². The highest BCUT2D eigenvalue weighted by Gasteiger charge is 2.30. The molecule has 1 aromatic heterocycles. The van der Waals surface area contributed by atoms with E-state index in [-0.39, 0.29) is 23.4 Å². The Balaban J connectivity index is 1.40. The van der Waals surface area contributed by atoms with Gasteiger partial charge in [-0.2, -0.15) is 0 Å². The van der Waals surface area contributed by atoms with Crippen LogP contribution in [-0.2, 0) is 6.42 Å². The van der Waals surface area contributed by atoms with Crippen molar-refractivity contribution in [3.05, 3.63) is 84.0 Å². The normalized spacial score (nSPS) is 16.5. The number of hydrogen-bond acceptors (Lipinski definition) is 4. The van der Waals surface area contributed by atoms with Crippen LogP contribution in [0.2, 0.25) is 0 Å². The average molecular weight is 415 g/mol. The summed E-state index contributed by atoms with van der Waals surface area (Å²) in [5.74, 6) is 0.204. The Morgan fingerprint density at radius 3 is 2.71 bits per heavy atom. The Bertz CT molecular complexity index is 1230. The number of fused-ring (bicyclic) bond motifs is 1. The number of halogens is 1. The summed E-state index contributed by atoms with van der Waals surface area (Å²) in [6, 6.07) is 20.1. The molecule has 0 saturated carbocycles. The fourth-order valence-electron chi connectivity index (χ4n) is 4.33. The van der Waals surface area contributed by atoms with Crippen molar-refractivity contribution in [3.8, 4) is 11.5 Å². The van der Waals surface area contributed by atoms with Crippen molar-refractivity contribution in [3.63, 3.8) is 0 Å². The molecule has 1 saturated heterocycles. The highest BCUT2D eigenvalue weighted by atomic mass is 19.1. The smallest absolute Gasteiger partial charge is 0.254 e. The summed E-state index contributed by atoms with van der Waals surface area (Å²) in [5.41, 5.74) is 0.996. The minimum absolute atomic E-state index is 0.0235. The summed E-state index contributed by atoms with van der Waals surface area (Å²) in [6.45, 7) is 0.695. The molecule has 4 aromatic rings. The Hall–Kier alpha value is -3.54. The van der Waals surface area contributed by atoms with E-state index in [1.807, 2.05) is 47.4 Å². The molecular weight excluding hydrogens is 393 g/mol. The maximum absolute atomic E-state index is 14.0. The zero-order chi connectivity index (χ0) is 21.2. The first-order valence-corrected chi connectivity index (χ1v) is 10.6. The van der Waals surface area contributed by atoms with Crippen molar-refractivity contribution in [1.82, 2.24) is 15.1 Å². The van der Waals surface area contributed by atoms with Gasteiger partial charge in [-0.15, -0.1) is 10.2 Å². The van der Waals surface area contributed by atoms with Gasteiger partial charge in [-0.1, -0.05) is 48.5 Å². The summed E-state index contributed by atoms with van der Waals surface area (Å²) in [7, 11) is 0. The first-order chi connectivity index (χ1) is 15.2. The van der Waals surface area contributed by atoms with Gasteiger partial charge in [-0.25, -0.2) is 4.39 Å². The molecule has 31 heavy (non-hydrogen) atoms. The summed E-state index contributed by atoms with van der Waals surface area (Å²) < 4.78 is 19.8. The summed E-state index contributed by atoms with van der Waals surface area (Å²) in [6.07, 6.45) is 3.33. The molecule has 5 nitrogen and oxygen atoms in total. The predicted octanol–water partition coefficient (Wildman–Crippen LogP) is 5.27. The second-order valence-electron chi connectivity index (χ2n) is 7.86. The van der Waals surface area contributed by atoms with Crippen molar-refractivity contribution in [2.24, 2.45) is 0 Å². The molecule has 0 spiro atoms. The molecule has 5 rings (SSSR count). The fraction of sp³-hybridized carbons (Fsp3) is 0.240. The summed E-state index contributed by atoms with van der Waals surface area (Å²) in [5, 5.41) is 10.2. The molecule has 6 heteroatoms. The van der Waals surface area contributed by atoms with E-state index in [4.69, 9.17) is 4.42 Å². The molecule has 1 atom stereocenters. The monoisotopic (exact) mass is 415 g/mol. The van der Waals surface area contributed by atoms with Gasteiger partial charge in [-0.05, 0) is 48.2 Å². The SMILES string of the molecule is O=C(c1cccc2ccccc12)N1CCCCC1Cc1nnc(-c2ccccc2F)o1. The van der Waals surface area contributed by atoms with Crippen molar-refractivity contribution < 1.29 is 13.6 Å². The van der Waals surface area contributed by atoms with E-state index in [9.17, 15) is 9.18 Å². The van der Waals surface area contributed by atoms with Gasteiger partial charge in [0, 0.05) is 24.6 Å². The predicted molar refractivity (Wildman–Crippen MR) is 116 cm³/mol. The third-order valence-electron chi connectivity index (χ3n) is 5.89. The number of amides is 1. The van der Waals surface area contributed by atoms with Crippen LogP contribution in [0.15, 0.2) is 71.1 Å². The lowest BCUT2D eigenvalue weighted by Gasteiger charge is -2.35. The van der Waals surface area contributed by atoms with Gasteiger partial charge in [0.05, 0.1) is 5.56 Å². The highest BCUT2D eigenvalue weighted by molar-refractivity contribution is 6.07. The molecule has 1 fully saturated rings. The Morgan fingerprint density at radius 1 is 1.00 bits per heavy atom. The zero-order valence-electron chi connectivity index (χ0n) is 17.0. The molecule has 1 aliphatic heterocycles. The molecule has 0 aliphatic carbocycles. The third kappa shape index (κ3) is 3.81. The van der Waals surface area contributed by atoms with E-state index >= 15 is 0 Å². The van der Waals surface area contributed by atoms with Crippen molar-refractivity contribution in [1.29, 1.82) is 0 Å². The van der Waals surface area contributed by atoms with Crippen LogP contribution in [0.3, 0.4) is 0 Å². The number of carbonyl (C=O) groups is 1. The Kier molecular flexibility index (Phi) is 5.20. The molecule has 0 N–H and O–H groups in total. The van der Waals surface area contributed by atoms with Crippen molar-refractivity contribution in [2.45, 2.75) is 31.7 Å². The highest BCUT2D eigenvalue weighted by Crippen LogP contribution is 2.27. The van der Waals surface area contributed by atoms with E-state index in [0.29, 0.717) is 24.4 Å². The van der Waals surface area contributed by atoms with Gasteiger partial charge in [0.2, 0.25) is 5.89 Å². The van der Waals surface area contributed by atoms with Crippen LogP contribution >= 0.6 is 0 Å². The molecular formula is C25H22FN3O2. The lowest BCUT2D eigenvalue weighted by Crippen LogP contribution is -2.45. The van der Waals surface area contributed by atoms with Gasteiger partial charge < -0.3 is 9.32 Å². The third-order valence-corrected chi connectivity index (χ3v) is 5.89. The topological polar surface area (TPSA) is 59.2 Å². The zero-order valence-corrected chi connectivity index (χ0v) is 17.0. The number of benzene rings is 3. The molecule has 1 aliphatic rings. The van der Waals surface area contributed by atoms with Crippen LogP contribution in [0.25, 0.3) is 22.2 Å². The van der Waals surface area contributed by atoms with E-state index in [0.717, 1.165) is 30.0 Å². The second-order valence-corrected chi connectivity index (χ2v) is 7.86. The summed E-state index contributed by atoms with van der Waals surface area (Å²) in [4.78, 5) is 15.4. The van der Waals surface area contributed by atoms with Gasteiger partial charge in [-0.3, -0.25) is 4.79 Å². The number of likely N-dealkylation sites (tertiary alicyclic amines) is 1. The minimum Gasteiger partial charge on any atom is -0.421 e. The lowest BCUT2D eigenvalue weighted by molar-refractivity contribution is 0.0608. The molecule has 1 amide bonds. The van der Waals surface area contributed by atoms with Crippen LogP contribution in [-0.4, -0.2) is 33.6 Å². The molecule has 0 radical (unpaired) electrons. The standard InChI is InChI=1S/C25H22FN3O2/c26-22-14-4-3-12-21(22)24-28-27-23(31-24)16-18-10-5-6-15-29(18)25(30)20-13-7-9-17-8-1-2-11-19(17)20/h1-4,7-9,11-14,18H,5-6,10,15-16H2. The fourth-order valence-corrected chi connectivity index (χ4v) is 4.33. The first kappa shape index (κ1) is 19.4. The minimum atomic E-state index is -0.400.